The molecule has 1 aliphatic heterocycles. The summed E-state index contributed by atoms with van der Waals surface area (Å²) in [5, 5.41) is 10.7. The molecule has 0 saturated carbocycles. The molecule has 11 heteroatoms. The van der Waals surface area contributed by atoms with E-state index < -0.39 is 23.3 Å². The van der Waals surface area contributed by atoms with Crippen LogP contribution in [-0.4, -0.2) is 38.3 Å². The molecule has 1 aliphatic rings. The lowest BCUT2D eigenvalue weighted by atomic mass is 9.97. The van der Waals surface area contributed by atoms with Crippen molar-refractivity contribution in [2.75, 3.05) is 17.7 Å². The van der Waals surface area contributed by atoms with Crippen LogP contribution in [0.15, 0.2) is 29.3 Å². The summed E-state index contributed by atoms with van der Waals surface area (Å²) in [5.74, 6) is -1.29. The SMILES string of the molecule is CSc1cc2c(cc1CO)cc1n2CCN(c2ncc(C(N)=O)c(C(F)(F)F)n2)C1C(C)C. The van der Waals surface area contributed by atoms with Crippen LogP contribution in [0.2, 0.25) is 0 Å². The molecule has 1 aromatic carbocycles. The van der Waals surface area contributed by atoms with Crippen LogP contribution in [0, 0.1) is 5.92 Å². The molecular formula is C22H24F3N5O2S. The maximum absolute atomic E-state index is 13.6. The average Bonchev–Trinajstić information content (AvgIpc) is 3.13. The van der Waals surface area contributed by atoms with Crippen molar-refractivity contribution in [2.45, 2.75) is 44.1 Å². The van der Waals surface area contributed by atoms with Crippen LogP contribution in [0.5, 0.6) is 0 Å². The van der Waals surface area contributed by atoms with Gasteiger partial charge in [-0.05, 0) is 35.9 Å². The molecular weight excluding hydrogens is 455 g/mol. The minimum absolute atomic E-state index is 0.0273. The summed E-state index contributed by atoms with van der Waals surface area (Å²) < 4.78 is 42.9. The third-order valence-electron chi connectivity index (χ3n) is 5.91. The van der Waals surface area contributed by atoms with E-state index in [4.69, 9.17) is 5.73 Å². The third kappa shape index (κ3) is 4.04. The lowest BCUT2D eigenvalue weighted by Crippen LogP contribution is -2.41. The quantitative estimate of drug-likeness (QED) is 0.538. The zero-order chi connectivity index (χ0) is 24.1. The van der Waals surface area contributed by atoms with Gasteiger partial charge in [0.05, 0.1) is 18.2 Å². The summed E-state index contributed by atoms with van der Waals surface area (Å²) in [7, 11) is 0. The van der Waals surface area contributed by atoms with Crippen LogP contribution >= 0.6 is 11.8 Å². The molecule has 0 fully saturated rings. The number of aliphatic hydroxyl groups is 1. The minimum Gasteiger partial charge on any atom is -0.392 e. The first kappa shape index (κ1) is 23.4. The number of hydrogen-bond donors (Lipinski definition) is 2. The zero-order valence-electron chi connectivity index (χ0n) is 18.3. The highest BCUT2D eigenvalue weighted by molar-refractivity contribution is 7.98. The second-order valence-corrected chi connectivity index (χ2v) is 9.13. The molecule has 4 rings (SSSR count). The highest BCUT2D eigenvalue weighted by Crippen LogP contribution is 2.40. The van der Waals surface area contributed by atoms with Crippen molar-refractivity contribution in [2.24, 2.45) is 11.7 Å². The molecule has 1 atom stereocenters. The molecule has 176 valence electrons. The Morgan fingerprint density at radius 2 is 2.03 bits per heavy atom. The van der Waals surface area contributed by atoms with Crippen LogP contribution in [0.25, 0.3) is 10.9 Å². The van der Waals surface area contributed by atoms with Crippen molar-refractivity contribution in [3.8, 4) is 0 Å². The van der Waals surface area contributed by atoms with Crippen molar-refractivity contribution >= 4 is 34.5 Å². The summed E-state index contributed by atoms with van der Waals surface area (Å²) in [6.45, 7) is 4.81. The van der Waals surface area contributed by atoms with Gasteiger partial charge in [0.15, 0.2) is 5.69 Å². The number of carbonyl (C=O) groups excluding carboxylic acids is 1. The second-order valence-electron chi connectivity index (χ2n) is 8.28. The zero-order valence-corrected chi connectivity index (χ0v) is 19.2. The van der Waals surface area contributed by atoms with Crippen LogP contribution in [-0.2, 0) is 19.3 Å². The predicted molar refractivity (Wildman–Crippen MR) is 120 cm³/mol. The smallest absolute Gasteiger partial charge is 0.392 e. The van der Waals surface area contributed by atoms with Gasteiger partial charge in [-0.3, -0.25) is 4.79 Å². The number of primary amides is 1. The van der Waals surface area contributed by atoms with Crippen molar-refractivity contribution < 1.29 is 23.1 Å². The lowest BCUT2D eigenvalue weighted by Gasteiger charge is -2.39. The highest BCUT2D eigenvalue weighted by atomic mass is 32.2. The van der Waals surface area contributed by atoms with E-state index in [2.05, 4.69) is 14.5 Å². The Kier molecular flexibility index (Phi) is 6.04. The molecule has 33 heavy (non-hydrogen) atoms. The van der Waals surface area contributed by atoms with Crippen molar-refractivity contribution in [3.05, 3.63) is 46.9 Å². The van der Waals surface area contributed by atoms with Crippen LogP contribution in [0.1, 0.15) is 47.2 Å². The number of hydrogen-bond acceptors (Lipinski definition) is 6. The molecule has 7 nitrogen and oxygen atoms in total. The van der Waals surface area contributed by atoms with E-state index in [1.165, 1.54) is 0 Å². The van der Waals surface area contributed by atoms with E-state index in [1.807, 2.05) is 38.3 Å². The van der Waals surface area contributed by atoms with E-state index >= 15 is 0 Å². The molecule has 3 N–H and O–H groups in total. The first-order valence-corrected chi connectivity index (χ1v) is 11.6. The Balaban J connectivity index is 1.85. The van der Waals surface area contributed by atoms with Gasteiger partial charge in [-0.2, -0.15) is 13.2 Å². The number of carbonyl (C=O) groups is 1. The fourth-order valence-corrected chi connectivity index (χ4v) is 5.12. The third-order valence-corrected chi connectivity index (χ3v) is 6.73. The number of alkyl halides is 3. The number of benzene rings is 1. The summed E-state index contributed by atoms with van der Waals surface area (Å²) >= 11 is 1.55. The van der Waals surface area contributed by atoms with Gasteiger partial charge in [0.25, 0.3) is 5.91 Å². The minimum atomic E-state index is -4.84. The Hall–Kier alpha value is -2.79. The molecule has 0 radical (unpaired) electrons. The van der Waals surface area contributed by atoms with Gasteiger partial charge in [0, 0.05) is 40.8 Å². The van der Waals surface area contributed by atoms with Gasteiger partial charge >= 0.3 is 6.18 Å². The molecule has 1 amide bonds. The number of thioether (sulfide) groups is 1. The van der Waals surface area contributed by atoms with Gasteiger partial charge in [0.1, 0.15) is 0 Å². The van der Waals surface area contributed by atoms with Gasteiger partial charge in [0.2, 0.25) is 5.95 Å². The fourth-order valence-electron chi connectivity index (χ4n) is 4.51. The Morgan fingerprint density at radius 1 is 1.30 bits per heavy atom. The number of aliphatic hydroxyl groups excluding tert-OH is 1. The molecule has 1 unspecified atom stereocenters. The van der Waals surface area contributed by atoms with E-state index in [1.54, 1.807) is 16.7 Å². The molecule has 0 saturated heterocycles. The maximum Gasteiger partial charge on any atom is 0.434 e. The van der Waals surface area contributed by atoms with E-state index in [0.717, 1.165) is 33.3 Å². The summed E-state index contributed by atoms with van der Waals surface area (Å²) in [4.78, 5) is 22.1. The molecule has 0 bridgehead atoms. The van der Waals surface area contributed by atoms with E-state index in [-0.39, 0.29) is 24.5 Å². The van der Waals surface area contributed by atoms with Gasteiger partial charge in [-0.15, -0.1) is 11.8 Å². The topological polar surface area (TPSA) is 97.3 Å². The van der Waals surface area contributed by atoms with Gasteiger partial charge in [-0.25, -0.2) is 9.97 Å². The van der Waals surface area contributed by atoms with E-state index in [9.17, 15) is 23.1 Å². The highest BCUT2D eigenvalue weighted by Gasteiger charge is 2.40. The summed E-state index contributed by atoms with van der Waals surface area (Å²) in [5.41, 5.74) is 5.81. The van der Waals surface area contributed by atoms with Crippen LogP contribution < -0.4 is 10.6 Å². The second kappa shape index (κ2) is 8.53. The molecule has 3 heterocycles. The molecule has 3 aromatic rings. The number of amides is 1. The molecule has 0 spiro atoms. The van der Waals surface area contributed by atoms with Crippen LogP contribution in [0.3, 0.4) is 0 Å². The molecule has 2 aromatic heterocycles. The maximum atomic E-state index is 13.6. The number of nitrogens with two attached hydrogens (primary N) is 1. The number of aromatic nitrogens is 3. The first-order valence-electron chi connectivity index (χ1n) is 10.4. The Morgan fingerprint density at radius 3 is 2.61 bits per heavy atom. The van der Waals surface area contributed by atoms with Crippen molar-refractivity contribution in [1.29, 1.82) is 0 Å². The first-order chi connectivity index (χ1) is 15.6. The average molecular weight is 480 g/mol. The monoisotopic (exact) mass is 479 g/mol. The lowest BCUT2D eigenvalue weighted by molar-refractivity contribution is -0.141. The number of fused-ring (bicyclic) bond motifs is 3. The summed E-state index contributed by atoms with van der Waals surface area (Å²) in [6.07, 6.45) is -2.04. The van der Waals surface area contributed by atoms with Crippen molar-refractivity contribution in [1.82, 2.24) is 14.5 Å². The van der Waals surface area contributed by atoms with E-state index in [0.29, 0.717) is 13.1 Å². The van der Waals surface area contributed by atoms with Gasteiger partial charge < -0.3 is 20.3 Å². The summed E-state index contributed by atoms with van der Waals surface area (Å²) in [6, 6.07) is 5.72. The number of halogens is 3. The Labute approximate surface area is 192 Å². The molecule has 0 aliphatic carbocycles. The standard InChI is InChI=1S/C22H24F3N5O2S/c1-11(2)18-16-7-12-6-13(10-31)17(33-3)8-15(12)29(16)4-5-30(18)21-27-9-14(20(26)32)19(28-21)22(23,24)25/h6-9,11,18,31H,4-5,10H2,1-3H3,(H2,26,32). The Bertz CT molecular complexity index is 1220. The number of rotatable bonds is 5. The normalized spacial score (nSPS) is 16.5. The fraction of sp³-hybridized carbons (Fsp3) is 0.409. The largest absolute Gasteiger partial charge is 0.434 e. The van der Waals surface area contributed by atoms with Crippen molar-refractivity contribution in [3.63, 3.8) is 0 Å². The van der Waals surface area contributed by atoms with Crippen LogP contribution in [0.4, 0.5) is 19.1 Å². The predicted octanol–water partition coefficient (Wildman–Crippen LogP) is 3.98. The number of nitrogens with zero attached hydrogens (tertiary/aromatic N) is 4. The number of anilines is 1. The van der Waals surface area contributed by atoms with Gasteiger partial charge in [-0.1, -0.05) is 13.8 Å².